The fourth-order valence-corrected chi connectivity index (χ4v) is 6.53. The molecule has 0 saturated carbocycles. The number of carboxylic acid groups (broad SMARTS) is 1. The molecule has 1 unspecified atom stereocenters. The molecule has 2 heterocycles. The zero-order valence-corrected chi connectivity index (χ0v) is 21.0. The molecule has 184 valence electrons. The zero-order valence-electron chi connectivity index (χ0n) is 19.3. The van der Waals surface area contributed by atoms with Crippen LogP contribution in [0, 0.1) is 0 Å². The van der Waals surface area contributed by atoms with Crippen molar-refractivity contribution in [3.63, 3.8) is 0 Å². The van der Waals surface area contributed by atoms with Crippen molar-refractivity contribution >= 4 is 28.1 Å². The highest BCUT2D eigenvalue weighted by Crippen LogP contribution is 2.32. The molecule has 5 rings (SSSR count). The Kier molecular flexibility index (Phi) is 7.01. The van der Waals surface area contributed by atoms with Gasteiger partial charge in [-0.25, -0.2) is 4.79 Å². The summed E-state index contributed by atoms with van der Waals surface area (Å²) in [4.78, 5) is 11.4. The summed E-state index contributed by atoms with van der Waals surface area (Å²) in [5.41, 5.74) is 2.85. The first-order valence-electron chi connectivity index (χ1n) is 11.5. The number of carbonyl (C=O) groups is 1. The minimum atomic E-state index is -3.49. The third-order valence-corrected chi connectivity index (χ3v) is 8.94. The number of sulfonamides is 1. The van der Waals surface area contributed by atoms with E-state index in [4.69, 9.17) is 5.11 Å². The van der Waals surface area contributed by atoms with Crippen LogP contribution in [0.4, 0.5) is 0 Å². The van der Waals surface area contributed by atoms with Gasteiger partial charge in [-0.1, -0.05) is 46.3 Å². The van der Waals surface area contributed by atoms with Crippen LogP contribution in [0.2, 0.25) is 0 Å². The molecule has 1 saturated heterocycles. The first-order chi connectivity index (χ1) is 17.4. The maximum Gasteiger partial charge on any atom is 0.335 e. The van der Waals surface area contributed by atoms with Gasteiger partial charge >= 0.3 is 5.97 Å². The molecule has 1 atom stereocenters. The third kappa shape index (κ3) is 4.98. The van der Waals surface area contributed by atoms with Crippen LogP contribution >= 0.6 is 11.8 Å². The first kappa shape index (κ1) is 24.4. The van der Waals surface area contributed by atoms with Gasteiger partial charge in [0.05, 0.1) is 5.56 Å². The molecule has 1 aromatic heterocycles. The van der Waals surface area contributed by atoms with Gasteiger partial charge in [0, 0.05) is 30.1 Å². The lowest BCUT2D eigenvalue weighted by Crippen LogP contribution is -2.33. The number of rotatable bonds is 8. The van der Waals surface area contributed by atoms with Crippen molar-refractivity contribution < 1.29 is 18.7 Å². The number of aromatic nitrogens is 3. The van der Waals surface area contributed by atoms with Crippen LogP contribution in [0.1, 0.15) is 28.8 Å². The van der Waals surface area contributed by atoms with E-state index in [1.807, 2.05) is 34.9 Å². The van der Waals surface area contributed by atoms with Crippen molar-refractivity contribution in [2.45, 2.75) is 28.6 Å². The summed E-state index contributed by atoms with van der Waals surface area (Å²) in [6.07, 6.45) is 1.78. The average Bonchev–Trinajstić information content (AvgIpc) is 3.59. The van der Waals surface area contributed by atoms with E-state index in [1.54, 1.807) is 48.5 Å². The number of nitrogens with zero attached hydrogens (tertiary/aromatic N) is 4. The van der Waals surface area contributed by atoms with Gasteiger partial charge in [0.2, 0.25) is 0 Å². The Hall–Kier alpha value is -3.31. The number of benzene rings is 3. The summed E-state index contributed by atoms with van der Waals surface area (Å²) in [6.45, 7) is 1.12. The highest BCUT2D eigenvalue weighted by Gasteiger charge is 2.32. The van der Waals surface area contributed by atoms with E-state index in [0.29, 0.717) is 29.8 Å². The number of thioether (sulfide) groups is 1. The van der Waals surface area contributed by atoms with Crippen molar-refractivity contribution in [2.75, 3.05) is 13.1 Å². The smallest absolute Gasteiger partial charge is 0.335 e. The lowest BCUT2D eigenvalue weighted by Gasteiger charge is -2.22. The van der Waals surface area contributed by atoms with Gasteiger partial charge in [-0.05, 0) is 66.9 Å². The Morgan fingerprint density at radius 3 is 2.25 bits per heavy atom. The number of carboxylic acids is 1. The average molecular weight is 521 g/mol. The summed E-state index contributed by atoms with van der Waals surface area (Å²) in [5.74, 6) is 0.231. The number of aromatic carboxylic acids is 1. The monoisotopic (exact) mass is 520 g/mol. The van der Waals surface area contributed by atoms with Crippen molar-refractivity contribution in [1.29, 1.82) is 0 Å². The van der Waals surface area contributed by atoms with E-state index in [1.165, 1.54) is 16.1 Å². The Morgan fingerprint density at radius 2 is 1.61 bits per heavy atom. The highest BCUT2D eigenvalue weighted by atomic mass is 32.3. The van der Waals surface area contributed by atoms with E-state index in [0.717, 1.165) is 29.7 Å². The van der Waals surface area contributed by atoms with E-state index in [-0.39, 0.29) is 10.5 Å². The Morgan fingerprint density at radius 1 is 0.944 bits per heavy atom. The lowest BCUT2D eigenvalue weighted by atomic mass is 10.1. The summed E-state index contributed by atoms with van der Waals surface area (Å²) < 4.78 is 29.3. The molecular formula is C26H24N4O4S2. The molecular weight excluding hydrogens is 496 g/mol. The molecule has 0 spiro atoms. The molecule has 1 N–H and O–H groups in total. The SMILES string of the molecule is O=C(O)c1ccc(CSc2nnc(-c3ccc([S+](=O)([O-])N4CCCC4)cc3)n2-c2ccccc2)cc1. The third-order valence-electron chi connectivity index (χ3n) is 6.03. The second-order valence-electron chi connectivity index (χ2n) is 8.40. The van der Waals surface area contributed by atoms with Gasteiger partial charge < -0.3 is 9.66 Å². The van der Waals surface area contributed by atoms with Crippen molar-refractivity contribution in [2.24, 2.45) is 0 Å². The molecule has 0 amide bonds. The molecule has 1 aliphatic rings. The Balaban J connectivity index is 1.44. The quantitative estimate of drug-likeness (QED) is 0.259. The normalized spacial score (nSPS) is 15.6. The van der Waals surface area contributed by atoms with E-state index >= 15 is 0 Å². The Labute approximate surface area is 214 Å². The van der Waals surface area contributed by atoms with E-state index in [2.05, 4.69) is 10.2 Å². The molecule has 0 bridgehead atoms. The standard InChI is InChI=1S/C26H24N4O4S2/c31-25(32)21-10-8-19(9-11-21)18-35-26-28-27-24(30(26)22-6-2-1-3-7-22)20-12-14-23(15-13-20)36(33,34)29-16-4-5-17-29/h1-3,6-15H,4-5,16-18H2,(H-,31,32,33,34). The number of para-hydroxylation sites is 1. The van der Waals surface area contributed by atoms with Gasteiger partial charge in [-0.15, -0.1) is 14.5 Å². The van der Waals surface area contributed by atoms with Crippen molar-refractivity contribution in [1.82, 2.24) is 19.1 Å². The highest BCUT2D eigenvalue weighted by molar-refractivity contribution is 7.98. The lowest BCUT2D eigenvalue weighted by molar-refractivity contribution is 0.0697. The molecule has 0 aliphatic carbocycles. The molecule has 1 aliphatic heterocycles. The molecule has 10 heteroatoms. The van der Waals surface area contributed by atoms with Gasteiger partial charge in [-0.3, -0.25) is 4.57 Å². The second kappa shape index (κ2) is 10.4. The zero-order chi connectivity index (χ0) is 25.1. The summed E-state index contributed by atoms with van der Waals surface area (Å²) in [5, 5.41) is 18.6. The van der Waals surface area contributed by atoms with Crippen LogP contribution in [0.3, 0.4) is 0 Å². The Bertz CT molecular complexity index is 1400. The van der Waals surface area contributed by atoms with Crippen LogP contribution in [0.15, 0.2) is 88.9 Å². The van der Waals surface area contributed by atoms with Crippen LogP contribution < -0.4 is 0 Å². The summed E-state index contributed by atoms with van der Waals surface area (Å²) >= 11 is 1.49. The van der Waals surface area contributed by atoms with E-state index < -0.39 is 16.4 Å². The molecule has 1 fully saturated rings. The summed E-state index contributed by atoms with van der Waals surface area (Å²) in [6, 6.07) is 23.3. The number of hydrogen-bond donors (Lipinski definition) is 1. The maximum atomic E-state index is 12.9. The predicted molar refractivity (Wildman–Crippen MR) is 138 cm³/mol. The fraction of sp³-hybridized carbons (Fsp3) is 0.192. The molecule has 4 aromatic rings. The van der Waals surface area contributed by atoms with Gasteiger partial charge in [0.25, 0.3) is 0 Å². The van der Waals surface area contributed by atoms with Crippen molar-refractivity contribution in [3.8, 4) is 17.1 Å². The topological polar surface area (TPSA) is 111 Å². The van der Waals surface area contributed by atoms with Crippen LogP contribution in [0.5, 0.6) is 0 Å². The maximum absolute atomic E-state index is 12.9. The van der Waals surface area contributed by atoms with E-state index in [9.17, 15) is 13.6 Å². The minimum absolute atomic E-state index is 0.244. The van der Waals surface area contributed by atoms with Crippen LogP contribution in [-0.4, -0.2) is 47.8 Å². The van der Waals surface area contributed by atoms with Crippen molar-refractivity contribution in [3.05, 3.63) is 90.0 Å². The predicted octanol–water partition coefficient (Wildman–Crippen LogP) is 4.92. The van der Waals surface area contributed by atoms with Crippen LogP contribution in [-0.2, 0) is 20.4 Å². The largest absolute Gasteiger partial charge is 0.593 e. The fourth-order valence-electron chi connectivity index (χ4n) is 4.11. The van der Waals surface area contributed by atoms with Gasteiger partial charge in [-0.2, -0.15) is 0 Å². The molecule has 8 nitrogen and oxygen atoms in total. The number of hydrogen-bond acceptors (Lipinski definition) is 6. The van der Waals surface area contributed by atoms with Gasteiger partial charge in [0.15, 0.2) is 26.3 Å². The first-order valence-corrected chi connectivity index (χ1v) is 13.9. The molecule has 3 aromatic carbocycles. The second-order valence-corrected chi connectivity index (χ2v) is 11.3. The van der Waals surface area contributed by atoms with Gasteiger partial charge in [0.1, 0.15) is 0 Å². The van der Waals surface area contributed by atoms with Crippen LogP contribution in [0.25, 0.3) is 17.1 Å². The molecule has 0 radical (unpaired) electrons. The summed E-state index contributed by atoms with van der Waals surface area (Å²) in [7, 11) is -3.49. The molecule has 36 heavy (non-hydrogen) atoms. The minimum Gasteiger partial charge on any atom is -0.593 e.